The number of fused-ring (bicyclic) bond motifs is 1. The molecule has 0 aliphatic carbocycles. The van der Waals surface area contributed by atoms with E-state index in [2.05, 4.69) is 19.9 Å². The number of ether oxygens (including phenoxy) is 1. The fraction of sp³-hybridized carbons (Fsp3) is 0.280. The molecular formula is C25H28N4O4S. The Hall–Kier alpha value is -3.43. The molecule has 1 aromatic heterocycles. The van der Waals surface area contributed by atoms with Crippen LogP contribution in [-0.4, -0.2) is 46.6 Å². The van der Waals surface area contributed by atoms with Crippen LogP contribution < -0.4 is 19.7 Å². The van der Waals surface area contributed by atoms with E-state index in [1.54, 1.807) is 30.6 Å². The summed E-state index contributed by atoms with van der Waals surface area (Å²) in [7, 11) is -0.970. The lowest BCUT2D eigenvalue weighted by Gasteiger charge is -2.30. The molecule has 1 amide bonds. The Balaban J connectivity index is 1.57. The van der Waals surface area contributed by atoms with Gasteiger partial charge in [-0.05, 0) is 68.3 Å². The fourth-order valence-electron chi connectivity index (χ4n) is 4.16. The number of aromatic nitrogens is 1. The number of piperidine rings is 1. The van der Waals surface area contributed by atoms with Crippen molar-refractivity contribution in [3.05, 3.63) is 60.4 Å². The van der Waals surface area contributed by atoms with Gasteiger partial charge in [0.1, 0.15) is 10.6 Å². The van der Waals surface area contributed by atoms with E-state index in [-0.39, 0.29) is 16.6 Å². The van der Waals surface area contributed by atoms with Crippen molar-refractivity contribution in [2.24, 2.45) is 0 Å². The number of hydrogen-bond donors (Lipinski definition) is 2. The highest BCUT2D eigenvalue weighted by Crippen LogP contribution is 2.33. The topological polar surface area (TPSA) is 101 Å². The van der Waals surface area contributed by atoms with E-state index in [9.17, 15) is 13.2 Å². The van der Waals surface area contributed by atoms with Gasteiger partial charge in [-0.25, -0.2) is 13.1 Å². The number of nitrogens with one attached hydrogen (secondary N) is 2. The summed E-state index contributed by atoms with van der Waals surface area (Å²) < 4.78 is 32.0. The first-order valence-corrected chi connectivity index (χ1v) is 12.6. The summed E-state index contributed by atoms with van der Waals surface area (Å²) >= 11 is 0. The van der Waals surface area contributed by atoms with E-state index in [1.807, 2.05) is 18.2 Å². The first kappa shape index (κ1) is 23.7. The Morgan fingerprint density at radius 1 is 1.09 bits per heavy atom. The summed E-state index contributed by atoms with van der Waals surface area (Å²) in [6.45, 7) is 2.05. The molecule has 0 unspecified atom stereocenters. The molecule has 2 heterocycles. The second kappa shape index (κ2) is 10.2. The molecule has 1 fully saturated rings. The number of carbonyl (C=O) groups excluding carboxylic acids is 1. The molecule has 1 aliphatic heterocycles. The van der Waals surface area contributed by atoms with Gasteiger partial charge in [0.25, 0.3) is 0 Å². The first-order valence-electron chi connectivity index (χ1n) is 11.2. The van der Waals surface area contributed by atoms with Crippen LogP contribution in [0, 0.1) is 0 Å². The second-order valence-electron chi connectivity index (χ2n) is 8.04. The van der Waals surface area contributed by atoms with Crippen molar-refractivity contribution in [2.45, 2.75) is 24.2 Å². The molecule has 0 radical (unpaired) electrons. The standard InChI is InChI=1S/C25H28N4O4S/c1-26-34(31,32)24-16-18(6-10-23(24)33-2)7-11-25(30)28-21-8-9-22(29-14-4-3-5-15-29)19-12-13-27-17-20(19)21/h6-13,16-17,26H,3-5,14-15H2,1-2H3,(H,28,30). The van der Waals surface area contributed by atoms with Gasteiger partial charge in [0, 0.05) is 48.0 Å². The highest BCUT2D eigenvalue weighted by Gasteiger charge is 2.18. The predicted molar refractivity (Wildman–Crippen MR) is 135 cm³/mol. The highest BCUT2D eigenvalue weighted by atomic mass is 32.2. The third-order valence-electron chi connectivity index (χ3n) is 5.92. The first-order chi connectivity index (χ1) is 16.4. The van der Waals surface area contributed by atoms with Crippen molar-refractivity contribution < 1.29 is 17.9 Å². The van der Waals surface area contributed by atoms with E-state index >= 15 is 0 Å². The van der Waals surface area contributed by atoms with Crippen molar-refractivity contribution >= 4 is 44.2 Å². The molecule has 0 atom stereocenters. The zero-order valence-electron chi connectivity index (χ0n) is 19.2. The molecular weight excluding hydrogens is 452 g/mol. The maximum atomic E-state index is 12.7. The van der Waals surface area contributed by atoms with Gasteiger partial charge in [-0.1, -0.05) is 6.07 Å². The zero-order valence-corrected chi connectivity index (χ0v) is 20.1. The Kier molecular flexibility index (Phi) is 7.14. The fourth-order valence-corrected chi connectivity index (χ4v) is 5.08. The lowest BCUT2D eigenvalue weighted by atomic mass is 10.1. The van der Waals surface area contributed by atoms with Gasteiger partial charge in [-0.2, -0.15) is 0 Å². The van der Waals surface area contributed by atoms with Crippen LogP contribution >= 0.6 is 0 Å². The number of amides is 1. The third kappa shape index (κ3) is 5.05. The molecule has 1 saturated heterocycles. The molecule has 0 saturated carbocycles. The Morgan fingerprint density at radius 2 is 1.88 bits per heavy atom. The molecule has 0 spiro atoms. The van der Waals surface area contributed by atoms with Gasteiger partial charge < -0.3 is 15.0 Å². The van der Waals surface area contributed by atoms with Crippen LogP contribution in [0.25, 0.3) is 16.8 Å². The molecule has 0 bridgehead atoms. The van der Waals surface area contributed by atoms with Crippen molar-refractivity contribution in [3.8, 4) is 5.75 Å². The number of carbonyl (C=O) groups is 1. The summed E-state index contributed by atoms with van der Waals surface area (Å²) in [5.74, 6) is -0.103. The van der Waals surface area contributed by atoms with E-state index in [1.165, 1.54) is 45.6 Å². The van der Waals surface area contributed by atoms with Crippen LogP contribution in [0.4, 0.5) is 11.4 Å². The quantitative estimate of drug-likeness (QED) is 0.499. The lowest BCUT2D eigenvalue weighted by Crippen LogP contribution is -2.29. The van der Waals surface area contributed by atoms with Crippen LogP contribution in [0.5, 0.6) is 5.75 Å². The van der Waals surface area contributed by atoms with Crippen molar-refractivity contribution in [3.63, 3.8) is 0 Å². The summed E-state index contributed by atoms with van der Waals surface area (Å²) in [5, 5.41) is 4.85. The monoisotopic (exact) mass is 480 g/mol. The second-order valence-corrected chi connectivity index (χ2v) is 9.90. The molecule has 2 N–H and O–H groups in total. The van der Waals surface area contributed by atoms with Crippen LogP contribution in [0.3, 0.4) is 0 Å². The van der Waals surface area contributed by atoms with Crippen molar-refractivity contribution in [2.75, 3.05) is 37.5 Å². The number of benzene rings is 2. The smallest absolute Gasteiger partial charge is 0.248 e. The van der Waals surface area contributed by atoms with Crippen LogP contribution in [0.1, 0.15) is 24.8 Å². The van der Waals surface area contributed by atoms with Gasteiger partial charge >= 0.3 is 0 Å². The number of methoxy groups -OCH3 is 1. The minimum Gasteiger partial charge on any atom is -0.495 e. The number of nitrogens with zero attached hydrogens (tertiary/aromatic N) is 2. The van der Waals surface area contributed by atoms with E-state index in [4.69, 9.17) is 4.74 Å². The largest absolute Gasteiger partial charge is 0.495 e. The Morgan fingerprint density at radius 3 is 2.62 bits per heavy atom. The minimum atomic E-state index is -3.71. The van der Waals surface area contributed by atoms with Crippen molar-refractivity contribution in [1.82, 2.24) is 9.71 Å². The van der Waals surface area contributed by atoms with E-state index in [0.29, 0.717) is 11.3 Å². The predicted octanol–water partition coefficient (Wildman–Crippen LogP) is 3.79. The maximum absolute atomic E-state index is 12.7. The third-order valence-corrected chi connectivity index (χ3v) is 7.36. The molecule has 34 heavy (non-hydrogen) atoms. The normalized spacial score (nSPS) is 14.5. The van der Waals surface area contributed by atoms with Gasteiger partial charge in [0.2, 0.25) is 15.9 Å². The number of anilines is 2. The molecule has 2 aromatic carbocycles. The number of hydrogen-bond acceptors (Lipinski definition) is 6. The van der Waals surface area contributed by atoms with Gasteiger partial charge in [-0.15, -0.1) is 0 Å². The van der Waals surface area contributed by atoms with Gasteiger partial charge in [0.05, 0.1) is 12.8 Å². The minimum absolute atomic E-state index is 0.00503. The summed E-state index contributed by atoms with van der Waals surface area (Å²) in [4.78, 5) is 19.3. The molecule has 4 rings (SSSR count). The molecule has 178 valence electrons. The zero-order chi connectivity index (χ0) is 24.1. The Bertz CT molecular complexity index is 1330. The molecule has 1 aliphatic rings. The Labute approximate surface area is 199 Å². The summed E-state index contributed by atoms with van der Waals surface area (Å²) in [6, 6.07) is 10.6. The SMILES string of the molecule is CNS(=O)(=O)c1cc(C=CC(=O)Nc2ccc(N3CCCCC3)c3ccncc23)ccc1OC. The van der Waals surface area contributed by atoms with Crippen LogP contribution in [-0.2, 0) is 14.8 Å². The summed E-state index contributed by atoms with van der Waals surface area (Å²) in [6.07, 6.45) is 10.1. The van der Waals surface area contributed by atoms with Gasteiger partial charge in [0.15, 0.2) is 0 Å². The number of pyridine rings is 1. The maximum Gasteiger partial charge on any atom is 0.248 e. The van der Waals surface area contributed by atoms with E-state index in [0.717, 1.165) is 29.5 Å². The van der Waals surface area contributed by atoms with Crippen LogP contribution in [0.2, 0.25) is 0 Å². The average Bonchev–Trinajstić information content (AvgIpc) is 2.88. The van der Waals surface area contributed by atoms with Gasteiger partial charge in [-0.3, -0.25) is 9.78 Å². The average molecular weight is 481 g/mol. The van der Waals surface area contributed by atoms with Crippen molar-refractivity contribution in [1.29, 1.82) is 0 Å². The lowest BCUT2D eigenvalue weighted by molar-refractivity contribution is -0.111. The van der Waals surface area contributed by atoms with Crippen LogP contribution in [0.15, 0.2) is 59.8 Å². The summed E-state index contributed by atoms with van der Waals surface area (Å²) in [5.41, 5.74) is 2.38. The van der Waals surface area contributed by atoms with E-state index < -0.39 is 10.0 Å². The highest BCUT2D eigenvalue weighted by molar-refractivity contribution is 7.89. The molecule has 3 aromatic rings. The number of sulfonamides is 1. The molecule has 8 nitrogen and oxygen atoms in total. The molecule has 9 heteroatoms. The number of rotatable bonds is 7.